The number of nitrogens with one attached hydrogen (secondary N) is 2. The molecule has 272 valence electrons. The molecule has 0 spiro atoms. The van der Waals surface area contributed by atoms with Gasteiger partial charge in [-0.1, -0.05) is 110 Å². The largest absolute Gasteiger partial charge is 0.451 e. The number of rotatable bonds is 13. The molecule has 4 rings (SSSR count). The lowest BCUT2D eigenvalue weighted by atomic mass is 9.86. The van der Waals surface area contributed by atoms with Gasteiger partial charge in [0.05, 0.1) is 11.8 Å². The van der Waals surface area contributed by atoms with Crippen molar-refractivity contribution < 1.29 is 9.52 Å². The lowest BCUT2D eigenvalue weighted by Crippen LogP contribution is -2.23. The molecule has 1 fully saturated rings. The Balaban J connectivity index is 0. The van der Waals surface area contributed by atoms with Gasteiger partial charge in [-0.15, -0.1) is 6.58 Å². The predicted octanol–water partition coefficient (Wildman–Crippen LogP) is 12.2. The van der Waals surface area contributed by atoms with E-state index in [1.807, 2.05) is 67.5 Å². The van der Waals surface area contributed by atoms with Crippen molar-refractivity contribution in [2.24, 2.45) is 5.92 Å². The van der Waals surface area contributed by atoms with Gasteiger partial charge in [-0.2, -0.15) is 0 Å². The first-order chi connectivity index (χ1) is 23.4. The van der Waals surface area contributed by atoms with Gasteiger partial charge in [0.25, 0.3) is 0 Å². The summed E-state index contributed by atoms with van der Waals surface area (Å²) in [5.41, 5.74) is 5.52. The maximum Gasteiger partial charge on any atom is 0.180 e. The molecule has 1 unspecified atom stereocenters. The number of pyridine rings is 1. The van der Waals surface area contributed by atoms with Crippen LogP contribution in [0.3, 0.4) is 0 Å². The van der Waals surface area contributed by atoms with Crippen LogP contribution in [0.4, 0.5) is 5.69 Å². The minimum Gasteiger partial charge on any atom is -0.451 e. The molecule has 1 aliphatic carbocycles. The van der Waals surface area contributed by atoms with E-state index in [2.05, 4.69) is 70.8 Å². The summed E-state index contributed by atoms with van der Waals surface area (Å²) >= 11 is 1.67. The Morgan fingerprint density at radius 1 is 1.02 bits per heavy atom. The van der Waals surface area contributed by atoms with E-state index in [0.717, 1.165) is 48.7 Å². The molecule has 6 nitrogen and oxygen atoms in total. The molecule has 2 heterocycles. The number of nitrogens with zero attached hydrogens (tertiary/aromatic N) is 2. The van der Waals surface area contributed by atoms with Gasteiger partial charge < -0.3 is 19.6 Å². The molecule has 7 heteroatoms. The van der Waals surface area contributed by atoms with Crippen LogP contribution in [0.25, 0.3) is 0 Å². The molecule has 3 aromatic rings. The highest BCUT2D eigenvalue weighted by Crippen LogP contribution is 2.27. The number of hydrogen-bond acceptors (Lipinski definition) is 7. The molecule has 0 bridgehead atoms. The highest BCUT2D eigenvalue weighted by atomic mass is 32.2. The SMILES string of the molecule is C/C=C(\CC)SNc1ccc(CCNCC(O)c2cccnc2)cc1.C=C(C)C.CC.CC.CC.c1nc(CCC2CCCCC2)co1. The molecule has 0 saturated heterocycles. The third-order valence-corrected chi connectivity index (χ3v) is 8.06. The Labute approximate surface area is 299 Å². The van der Waals surface area contributed by atoms with Gasteiger partial charge in [-0.05, 0) is 94.6 Å². The molecule has 1 aromatic carbocycles. The lowest BCUT2D eigenvalue weighted by molar-refractivity contribution is 0.174. The maximum absolute atomic E-state index is 10.1. The van der Waals surface area contributed by atoms with Gasteiger partial charge in [-0.3, -0.25) is 4.98 Å². The third-order valence-electron chi connectivity index (χ3n) is 6.94. The van der Waals surface area contributed by atoms with Crippen LogP contribution >= 0.6 is 11.9 Å². The van der Waals surface area contributed by atoms with E-state index in [1.165, 1.54) is 61.0 Å². The van der Waals surface area contributed by atoms with Crippen molar-refractivity contribution in [1.29, 1.82) is 0 Å². The number of allylic oxidation sites excluding steroid dienone is 3. The smallest absolute Gasteiger partial charge is 0.180 e. The van der Waals surface area contributed by atoms with Crippen LogP contribution in [0.15, 0.2) is 89.0 Å². The van der Waals surface area contributed by atoms with Crippen LogP contribution in [0.5, 0.6) is 0 Å². The quantitative estimate of drug-likeness (QED) is 0.0940. The molecule has 1 atom stereocenters. The molecule has 0 radical (unpaired) electrons. The van der Waals surface area contributed by atoms with Crippen LogP contribution in [0, 0.1) is 5.92 Å². The van der Waals surface area contributed by atoms with E-state index in [1.54, 1.807) is 30.6 Å². The van der Waals surface area contributed by atoms with Crippen molar-refractivity contribution >= 4 is 17.6 Å². The van der Waals surface area contributed by atoms with E-state index in [9.17, 15) is 5.11 Å². The highest BCUT2D eigenvalue weighted by Gasteiger charge is 2.13. The molecular weight excluding hydrogens is 613 g/mol. The standard InChI is InChI=1S/C20H27N3OS.C11H17NO.C4H8.3C2H6/c1-3-19(4-2)25-23-18-9-7-16(8-10-18)11-13-22-15-20(24)17-6-5-12-21-14-17;1-2-4-10(5-3-1)6-7-11-8-13-9-12-11;1-4(2)3;3*1-2/h3,5-10,12,14,20,22-24H,4,11,13,15H2,1-2H3;8-10H,1-7H2;1H2,2-3H3;3*1-2H3/b19-3+;;;;;. The number of aliphatic hydroxyl groups is 1. The number of aliphatic hydroxyl groups excluding tert-OH is 1. The van der Waals surface area contributed by atoms with Crippen LogP contribution < -0.4 is 10.0 Å². The van der Waals surface area contributed by atoms with E-state index in [0.29, 0.717) is 6.54 Å². The normalized spacial score (nSPS) is 12.8. The van der Waals surface area contributed by atoms with Gasteiger partial charge in [0, 0.05) is 35.1 Å². The summed E-state index contributed by atoms with van der Waals surface area (Å²) in [6.45, 7) is 25.1. The van der Waals surface area contributed by atoms with Gasteiger partial charge in [0.2, 0.25) is 0 Å². The Hall–Kier alpha value is -2.87. The van der Waals surface area contributed by atoms with Crippen molar-refractivity contribution in [3.05, 3.63) is 101 Å². The molecular formula is C41H70N4O2S. The second-order valence-electron chi connectivity index (χ2n) is 11.0. The van der Waals surface area contributed by atoms with E-state index >= 15 is 0 Å². The second-order valence-corrected chi connectivity index (χ2v) is 11.9. The number of aryl methyl sites for hydroxylation is 1. The van der Waals surface area contributed by atoms with Gasteiger partial charge in [-0.25, -0.2) is 4.98 Å². The van der Waals surface area contributed by atoms with E-state index in [4.69, 9.17) is 4.42 Å². The minimum atomic E-state index is -0.517. The highest BCUT2D eigenvalue weighted by molar-refractivity contribution is 8.04. The number of oxazole rings is 1. The molecule has 0 aliphatic heterocycles. The first kappa shape index (κ1) is 47.2. The van der Waals surface area contributed by atoms with Crippen molar-refractivity contribution in [2.75, 3.05) is 17.8 Å². The van der Waals surface area contributed by atoms with Gasteiger partial charge >= 0.3 is 0 Å². The Kier molecular flexibility index (Phi) is 33.5. The lowest BCUT2D eigenvalue weighted by Gasteiger charge is -2.20. The average molecular weight is 683 g/mol. The zero-order valence-electron chi connectivity index (χ0n) is 32.1. The molecule has 1 saturated carbocycles. The Morgan fingerprint density at radius 3 is 2.19 bits per heavy atom. The monoisotopic (exact) mass is 683 g/mol. The molecule has 3 N–H and O–H groups in total. The summed E-state index contributed by atoms with van der Waals surface area (Å²) in [5, 5.41) is 13.4. The fourth-order valence-corrected chi connectivity index (χ4v) is 5.20. The average Bonchev–Trinajstić information content (AvgIpc) is 3.67. The molecule has 48 heavy (non-hydrogen) atoms. The summed E-state index contributed by atoms with van der Waals surface area (Å²) in [6, 6.07) is 12.2. The number of hydrogen-bond donors (Lipinski definition) is 3. The third kappa shape index (κ3) is 25.2. The van der Waals surface area contributed by atoms with Crippen LogP contribution in [0.1, 0.15) is 137 Å². The summed E-state index contributed by atoms with van der Waals surface area (Å²) in [6.07, 6.45) is 19.9. The van der Waals surface area contributed by atoms with Crippen LogP contribution in [-0.4, -0.2) is 28.2 Å². The number of aromatic nitrogens is 2. The first-order valence-electron chi connectivity index (χ1n) is 18.4. The van der Waals surface area contributed by atoms with E-state index in [-0.39, 0.29) is 0 Å². The van der Waals surface area contributed by atoms with Crippen LogP contribution in [0.2, 0.25) is 0 Å². The molecule has 1 aliphatic rings. The number of benzene rings is 1. The topological polar surface area (TPSA) is 83.2 Å². The summed E-state index contributed by atoms with van der Waals surface area (Å²) in [4.78, 5) is 9.50. The summed E-state index contributed by atoms with van der Waals surface area (Å²) in [5.74, 6) is 0.949. The van der Waals surface area contributed by atoms with Crippen molar-refractivity contribution in [2.45, 2.75) is 133 Å². The minimum absolute atomic E-state index is 0.517. The summed E-state index contributed by atoms with van der Waals surface area (Å²) < 4.78 is 8.31. The van der Waals surface area contributed by atoms with Crippen molar-refractivity contribution in [3.8, 4) is 0 Å². The van der Waals surface area contributed by atoms with Gasteiger partial charge in [0.1, 0.15) is 6.26 Å². The maximum atomic E-state index is 10.1. The zero-order valence-corrected chi connectivity index (χ0v) is 33.0. The first-order valence-corrected chi connectivity index (χ1v) is 19.2. The number of anilines is 1. The van der Waals surface area contributed by atoms with E-state index < -0.39 is 6.10 Å². The van der Waals surface area contributed by atoms with Gasteiger partial charge in [0.15, 0.2) is 6.39 Å². The Morgan fingerprint density at radius 2 is 1.67 bits per heavy atom. The second kappa shape index (κ2) is 34.0. The Bertz CT molecular complexity index is 1110. The molecule has 0 amide bonds. The molecule has 2 aromatic heterocycles. The zero-order chi connectivity index (χ0) is 36.4. The fourth-order valence-electron chi connectivity index (χ4n) is 4.55. The van der Waals surface area contributed by atoms with Crippen molar-refractivity contribution in [3.63, 3.8) is 0 Å². The van der Waals surface area contributed by atoms with Crippen LogP contribution in [-0.2, 0) is 12.8 Å². The summed E-state index contributed by atoms with van der Waals surface area (Å²) in [7, 11) is 0. The predicted molar refractivity (Wildman–Crippen MR) is 213 cm³/mol. The van der Waals surface area contributed by atoms with Crippen molar-refractivity contribution in [1.82, 2.24) is 15.3 Å². The fraction of sp³-hybridized carbons (Fsp3) is 0.561.